The molecular weight excluding hydrogens is 184 g/mol. The zero-order chi connectivity index (χ0) is 10.7. The first-order valence-electron chi connectivity index (χ1n) is 6.82. The highest BCUT2D eigenvalue weighted by atomic mass is 15.2. The van der Waals surface area contributed by atoms with E-state index in [2.05, 4.69) is 24.1 Å². The van der Waals surface area contributed by atoms with Crippen molar-refractivity contribution in [2.24, 2.45) is 5.92 Å². The van der Waals surface area contributed by atoms with Crippen LogP contribution in [0.25, 0.3) is 0 Å². The molecule has 15 heavy (non-hydrogen) atoms. The molecule has 0 aromatic rings. The van der Waals surface area contributed by atoms with Crippen molar-refractivity contribution in [3.63, 3.8) is 0 Å². The predicted octanol–water partition coefficient (Wildman–Crippen LogP) is 2.25. The Kier molecular flexibility index (Phi) is 4.04. The molecule has 1 aliphatic heterocycles. The van der Waals surface area contributed by atoms with Crippen LogP contribution in [-0.4, -0.2) is 36.6 Å². The molecule has 0 aromatic carbocycles. The summed E-state index contributed by atoms with van der Waals surface area (Å²) in [5, 5.41) is 3.65. The van der Waals surface area contributed by atoms with Crippen molar-refractivity contribution >= 4 is 0 Å². The van der Waals surface area contributed by atoms with Gasteiger partial charge in [-0.1, -0.05) is 20.3 Å². The van der Waals surface area contributed by atoms with E-state index >= 15 is 0 Å². The Bertz CT molecular complexity index is 193. The smallest absolute Gasteiger partial charge is 0.0127 e. The SMILES string of the molecule is CCC1CCN(C2CC2CC)CCCN1. The Morgan fingerprint density at radius 3 is 2.73 bits per heavy atom. The summed E-state index contributed by atoms with van der Waals surface area (Å²) < 4.78 is 0. The molecular formula is C13H26N2. The molecule has 3 unspecified atom stereocenters. The Balaban J connectivity index is 1.79. The number of nitrogens with one attached hydrogen (secondary N) is 1. The largest absolute Gasteiger partial charge is 0.314 e. The minimum Gasteiger partial charge on any atom is -0.314 e. The highest BCUT2D eigenvalue weighted by molar-refractivity contribution is 4.94. The van der Waals surface area contributed by atoms with E-state index in [1.807, 2.05) is 0 Å². The van der Waals surface area contributed by atoms with Gasteiger partial charge in [0, 0.05) is 12.1 Å². The zero-order valence-corrected chi connectivity index (χ0v) is 10.3. The van der Waals surface area contributed by atoms with Gasteiger partial charge in [-0.05, 0) is 51.2 Å². The molecule has 1 N–H and O–H groups in total. The molecule has 1 heterocycles. The van der Waals surface area contributed by atoms with Crippen LogP contribution in [0.3, 0.4) is 0 Å². The van der Waals surface area contributed by atoms with Gasteiger partial charge in [0.2, 0.25) is 0 Å². The lowest BCUT2D eigenvalue weighted by molar-refractivity contribution is 0.213. The van der Waals surface area contributed by atoms with E-state index in [9.17, 15) is 0 Å². The van der Waals surface area contributed by atoms with E-state index in [4.69, 9.17) is 0 Å². The third-order valence-corrected chi connectivity index (χ3v) is 4.19. The van der Waals surface area contributed by atoms with E-state index in [1.54, 1.807) is 0 Å². The first-order chi connectivity index (χ1) is 7.35. The maximum Gasteiger partial charge on any atom is 0.0127 e. The van der Waals surface area contributed by atoms with Crippen LogP contribution in [0.5, 0.6) is 0 Å². The molecule has 88 valence electrons. The average Bonchev–Trinajstić information content (AvgIpc) is 2.97. The van der Waals surface area contributed by atoms with Gasteiger partial charge >= 0.3 is 0 Å². The number of rotatable bonds is 3. The topological polar surface area (TPSA) is 15.3 Å². The third kappa shape index (κ3) is 2.94. The van der Waals surface area contributed by atoms with Crippen LogP contribution in [0.1, 0.15) is 46.0 Å². The molecule has 2 nitrogen and oxygen atoms in total. The van der Waals surface area contributed by atoms with Gasteiger partial charge in [-0.3, -0.25) is 4.90 Å². The van der Waals surface area contributed by atoms with Crippen molar-refractivity contribution in [3.05, 3.63) is 0 Å². The Morgan fingerprint density at radius 1 is 1.20 bits per heavy atom. The molecule has 2 fully saturated rings. The molecule has 2 rings (SSSR count). The van der Waals surface area contributed by atoms with Crippen LogP contribution < -0.4 is 5.32 Å². The van der Waals surface area contributed by atoms with Gasteiger partial charge < -0.3 is 5.32 Å². The van der Waals surface area contributed by atoms with Gasteiger partial charge in [0.05, 0.1) is 0 Å². The van der Waals surface area contributed by atoms with Crippen LogP contribution in [0.2, 0.25) is 0 Å². The third-order valence-electron chi connectivity index (χ3n) is 4.19. The highest BCUT2D eigenvalue weighted by Gasteiger charge is 2.39. The molecule has 2 heteroatoms. The molecule has 2 aliphatic rings. The second-order valence-corrected chi connectivity index (χ2v) is 5.21. The van der Waals surface area contributed by atoms with Crippen LogP contribution in [-0.2, 0) is 0 Å². The second-order valence-electron chi connectivity index (χ2n) is 5.21. The highest BCUT2D eigenvalue weighted by Crippen LogP contribution is 2.38. The fourth-order valence-electron chi connectivity index (χ4n) is 2.92. The number of hydrogen-bond donors (Lipinski definition) is 1. The maximum atomic E-state index is 3.65. The second kappa shape index (κ2) is 5.31. The van der Waals surface area contributed by atoms with Crippen LogP contribution in [0.4, 0.5) is 0 Å². The molecule has 1 aliphatic carbocycles. The monoisotopic (exact) mass is 210 g/mol. The quantitative estimate of drug-likeness (QED) is 0.768. The first-order valence-corrected chi connectivity index (χ1v) is 6.82. The summed E-state index contributed by atoms with van der Waals surface area (Å²) in [5.41, 5.74) is 0. The number of nitrogens with zero attached hydrogens (tertiary/aromatic N) is 1. The van der Waals surface area contributed by atoms with Gasteiger partial charge in [-0.25, -0.2) is 0 Å². The maximum absolute atomic E-state index is 3.65. The van der Waals surface area contributed by atoms with E-state index < -0.39 is 0 Å². The molecule has 1 saturated heterocycles. The normalized spacial score (nSPS) is 38.4. The first kappa shape index (κ1) is 11.4. The van der Waals surface area contributed by atoms with Crippen LogP contribution >= 0.6 is 0 Å². The summed E-state index contributed by atoms with van der Waals surface area (Å²) in [6.07, 6.45) is 6.83. The van der Waals surface area contributed by atoms with Gasteiger partial charge in [-0.2, -0.15) is 0 Å². The summed E-state index contributed by atoms with van der Waals surface area (Å²) in [7, 11) is 0. The minimum absolute atomic E-state index is 0.770. The summed E-state index contributed by atoms with van der Waals surface area (Å²) in [6.45, 7) is 8.51. The van der Waals surface area contributed by atoms with Crippen molar-refractivity contribution in [2.75, 3.05) is 19.6 Å². The minimum atomic E-state index is 0.770. The molecule has 0 spiro atoms. The van der Waals surface area contributed by atoms with E-state index in [0.717, 1.165) is 18.0 Å². The lowest BCUT2D eigenvalue weighted by Gasteiger charge is -2.29. The van der Waals surface area contributed by atoms with Crippen molar-refractivity contribution in [1.82, 2.24) is 10.2 Å². The van der Waals surface area contributed by atoms with Gasteiger partial charge in [0.1, 0.15) is 0 Å². The van der Waals surface area contributed by atoms with Gasteiger partial charge in [0.15, 0.2) is 0 Å². The molecule has 0 amide bonds. The summed E-state index contributed by atoms with van der Waals surface area (Å²) in [5.74, 6) is 1.03. The zero-order valence-electron chi connectivity index (χ0n) is 10.3. The van der Waals surface area contributed by atoms with Crippen LogP contribution in [0.15, 0.2) is 0 Å². The van der Waals surface area contributed by atoms with Gasteiger partial charge in [-0.15, -0.1) is 0 Å². The fraction of sp³-hybridized carbons (Fsp3) is 1.00. The lowest BCUT2D eigenvalue weighted by Crippen LogP contribution is -2.40. The standard InChI is InChI=1S/C13H26N2/c1-3-11-10-13(11)15-8-5-7-14-12(4-2)6-9-15/h11-14H,3-10H2,1-2H3. The Morgan fingerprint density at radius 2 is 2.07 bits per heavy atom. The van der Waals surface area contributed by atoms with E-state index in [-0.39, 0.29) is 0 Å². The molecule has 3 atom stereocenters. The van der Waals surface area contributed by atoms with E-state index in [1.165, 1.54) is 51.7 Å². The summed E-state index contributed by atoms with van der Waals surface area (Å²) in [6, 6.07) is 1.72. The average molecular weight is 210 g/mol. The lowest BCUT2D eigenvalue weighted by atomic mass is 10.1. The summed E-state index contributed by atoms with van der Waals surface area (Å²) in [4.78, 5) is 2.76. The summed E-state index contributed by atoms with van der Waals surface area (Å²) >= 11 is 0. The molecule has 1 saturated carbocycles. The van der Waals surface area contributed by atoms with Crippen molar-refractivity contribution in [1.29, 1.82) is 0 Å². The fourth-order valence-corrected chi connectivity index (χ4v) is 2.92. The van der Waals surface area contributed by atoms with Crippen LogP contribution in [0, 0.1) is 5.92 Å². The van der Waals surface area contributed by atoms with Gasteiger partial charge in [0.25, 0.3) is 0 Å². The predicted molar refractivity (Wildman–Crippen MR) is 65.1 cm³/mol. The molecule has 0 aromatic heterocycles. The molecule has 0 bridgehead atoms. The molecule has 0 radical (unpaired) electrons. The van der Waals surface area contributed by atoms with Crippen molar-refractivity contribution < 1.29 is 0 Å². The number of hydrogen-bond acceptors (Lipinski definition) is 2. The van der Waals surface area contributed by atoms with Crippen molar-refractivity contribution in [3.8, 4) is 0 Å². The van der Waals surface area contributed by atoms with E-state index in [0.29, 0.717) is 0 Å². The Hall–Kier alpha value is -0.0800. The Labute approximate surface area is 94.4 Å². The van der Waals surface area contributed by atoms with Crippen molar-refractivity contribution in [2.45, 2.75) is 58.0 Å².